The second-order valence-corrected chi connectivity index (χ2v) is 10.2. The Morgan fingerprint density at radius 1 is 1.29 bits per heavy atom. The number of benzene rings is 1. The van der Waals surface area contributed by atoms with Crippen LogP contribution in [0.4, 0.5) is 11.5 Å². The summed E-state index contributed by atoms with van der Waals surface area (Å²) in [4.78, 5) is 30.8. The maximum atomic E-state index is 13.2. The van der Waals surface area contributed by atoms with Gasteiger partial charge in [0.05, 0.1) is 18.5 Å². The number of anilines is 2. The van der Waals surface area contributed by atoms with Crippen molar-refractivity contribution in [3.63, 3.8) is 0 Å². The largest absolute Gasteiger partial charge is 0.353 e. The Bertz CT molecular complexity index is 1430. The van der Waals surface area contributed by atoms with Crippen molar-refractivity contribution in [2.75, 3.05) is 12.4 Å². The molecule has 34 heavy (non-hydrogen) atoms. The molecule has 8 heteroatoms. The van der Waals surface area contributed by atoms with Crippen LogP contribution in [0.15, 0.2) is 47.8 Å². The first-order chi connectivity index (χ1) is 16.6. The molecule has 1 N–H and O–H groups in total. The van der Waals surface area contributed by atoms with E-state index in [1.165, 1.54) is 16.0 Å². The number of carbonyl (C=O) groups excluding carboxylic acids is 1. The molecule has 0 saturated heterocycles. The Kier molecular flexibility index (Phi) is 5.17. The highest BCUT2D eigenvalue weighted by molar-refractivity contribution is 7.19. The fourth-order valence-corrected chi connectivity index (χ4v) is 6.29. The summed E-state index contributed by atoms with van der Waals surface area (Å²) < 4.78 is 2.07. The summed E-state index contributed by atoms with van der Waals surface area (Å²) >= 11 is 1.70. The predicted octanol–water partition coefficient (Wildman–Crippen LogP) is 4.47. The summed E-state index contributed by atoms with van der Waals surface area (Å²) in [6, 6.07) is 10.4. The van der Waals surface area contributed by atoms with E-state index in [0.717, 1.165) is 58.8 Å². The maximum Gasteiger partial charge on any atom is 0.226 e. The number of hydrogen-bond donors (Lipinski definition) is 1. The number of amides is 1. The molecule has 0 spiro atoms. The van der Waals surface area contributed by atoms with Crippen LogP contribution in [0, 0.1) is 5.92 Å². The second kappa shape index (κ2) is 8.36. The van der Waals surface area contributed by atoms with Crippen LogP contribution < -0.4 is 5.32 Å². The summed E-state index contributed by atoms with van der Waals surface area (Å²) in [5, 5.41) is 4.61. The van der Waals surface area contributed by atoms with Gasteiger partial charge in [0.15, 0.2) is 0 Å². The highest BCUT2D eigenvalue weighted by atomic mass is 32.1. The van der Waals surface area contributed by atoms with Crippen LogP contribution in [-0.4, -0.2) is 38.6 Å². The number of thiophene rings is 1. The molecular formula is C26H26N6OS. The topological polar surface area (TPSA) is 75.4 Å². The lowest BCUT2D eigenvalue weighted by atomic mass is 9.87. The Morgan fingerprint density at radius 3 is 3.06 bits per heavy atom. The van der Waals surface area contributed by atoms with E-state index in [9.17, 15) is 4.79 Å². The molecule has 172 valence electrons. The van der Waals surface area contributed by atoms with Crippen LogP contribution in [-0.2, 0) is 37.8 Å². The van der Waals surface area contributed by atoms with E-state index >= 15 is 0 Å². The summed E-state index contributed by atoms with van der Waals surface area (Å²) in [5.41, 5.74) is 5.83. The Labute approximate surface area is 202 Å². The van der Waals surface area contributed by atoms with Gasteiger partial charge in [-0.3, -0.25) is 9.79 Å². The van der Waals surface area contributed by atoms with Gasteiger partial charge in [0, 0.05) is 48.7 Å². The summed E-state index contributed by atoms with van der Waals surface area (Å²) in [6.45, 7) is 1.38. The van der Waals surface area contributed by atoms with Crippen molar-refractivity contribution in [1.82, 2.24) is 19.4 Å². The molecule has 4 heterocycles. The summed E-state index contributed by atoms with van der Waals surface area (Å²) in [5.74, 6) is 1.06. The SMILES string of the molecule is CN(Cc1cccn1C)C(=O)C1CCc2c(sc3ncnc(Nc4ccc5c(c4)C=NC5)c23)C1. The molecule has 1 aromatic carbocycles. The van der Waals surface area contributed by atoms with E-state index in [4.69, 9.17) is 0 Å². The number of aryl methyl sites for hydroxylation is 2. The molecule has 1 aliphatic carbocycles. The van der Waals surface area contributed by atoms with Crippen LogP contribution in [0.5, 0.6) is 0 Å². The number of aromatic nitrogens is 3. The van der Waals surface area contributed by atoms with Gasteiger partial charge in [-0.15, -0.1) is 11.3 Å². The Hall–Kier alpha value is -3.52. The molecule has 6 rings (SSSR count). The van der Waals surface area contributed by atoms with Gasteiger partial charge in [-0.25, -0.2) is 9.97 Å². The average molecular weight is 471 g/mol. The normalized spacial score (nSPS) is 16.5. The van der Waals surface area contributed by atoms with Crippen LogP contribution in [0.25, 0.3) is 10.2 Å². The van der Waals surface area contributed by atoms with Gasteiger partial charge in [-0.05, 0) is 60.2 Å². The molecule has 0 bridgehead atoms. The smallest absolute Gasteiger partial charge is 0.226 e. The first-order valence-electron chi connectivity index (χ1n) is 11.6. The average Bonchev–Trinajstić information content (AvgIpc) is 3.56. The van der Waals surface area contributed by atoms with Crippen LogP contribution >= 0.6 is 11.3 Å². The molecular weight excluding hydrogens is 444 g/mol. The number of fused-ring (bicyclic) bond motifs is 4. The summed E-state index contributed by atoms with van der Waals surface area (Å²) in [6.07, 6.45) is 8.04. The molecule has 0 fully saturated rings. The van der Waals surface area contributed by atoms with E-state index < -0.39 is 0 Å². The molecule has 3 aromatic heterocycles. The maximum absolute atomic E-state index is 13.2. The fraction of sp³-hybridized carbons (Fsp3) is 0.308. The number of rotatable bonds is 5. The van der Waals surface area contributed by atoms with Crippen molar-refractivity contribution in [1.29, 1.82) is 0 Å². The molecule has 2 aliphatic rings. The van der Waals surface area contributed by atoms with E-state index in [-0.39, 0.29) is 11.8 Å². The molecule has 4 aromatic rings. The third-order valence-corrected chi connectivity index (χ3v) is 8.08. The molecule has 1 aliphatic heterocycles. The van der Waals surface area contributed by atoms with Crippen molar-refractivity contribution < 1.29 is 4.79 Å². The highest BCUT2D eigenvalue weighted by Gasteiger charge is 2.31. The fourth-order valence-electron chi connectivity index (χ4n) is 5.03. The minimum absolute atomic E-state index is 0.00574. The van der Waals surface area contributed by atoms with Crippen molar-refractivity contribution in [2.24, 2.45) is 18.0 Å². The van der Waals surface area contributed by atoms with Crippen LogP contribution in [0.2, 0.25) is 0 Å². The first kappa shape index (κ1) is 21.0. The van der Waals surface area contributed by atoms with Gasteiger partial charge >= 0.3 is 0 Å². The number of carbonyl (C=O) groups is 1. The van der Waals surface area contributed by atoms with Crippen molar-refractivity contribution in [3.05, 3.63) is 70.1 Å². The van der Waals surface area contributed by atoms with E-state index in [1.807, 2.05) is 37.5 Å². The predicted molar refractivity (Wildman–Crippen MR) is 136 cm³/mol. The number of hydrogen-bond acceptors (Lipinski definition) is 6. The van der Waals surface area contributed by atoms with Crippen molar-refractivity contribution in [2.45, 2.75) is 32.4 Å². The van der Waals surface area contributed by atoms with Gasteiger partial charge in [0.25, 0.3) is 0 Å². The van der Waals surface area contributed by atoms with E-state index in [2.05, 4.69) is 49.1 Å². The molecule has 7 nitrogen and oxygen atoms in total. The first-order valence-corrected chi connectivity index (χ1v) is 12.4. The Balaban J connectivity index is 1.24. The molecule has 0 radical (unpaired) electrons. The quantitative estimate of drug-likeness (QED) is 0.467. The monoisotopic (exact) mass is 470 g/mol. The zero-order chi connectivity index (χ0) is 23.2. The third kappa shape index (κ3) is 3.68. The van der Waals surface area contributed by atoms with Crippen LogP contribution in [0.3, 0.4) is 0 Å². The number of aliphatic imine (C=N–C) groups is 1. The van der Waals surface area contributed by atoms with Crippen LogP contribution in [0.1, 0.15) is 33.7 Å². The van der Waals surface area contributed by atoms with Gasteiger partial charge < -0.3 is 14.8 Å². The standard InChI is InChI=1S/C26H26N6OS/c1-31-9-3-4-20(31)14-32(2)26(33)16-6-8-21-22(11-16)34-25-23(21)24(28-15-29-25)30-19-7-5-17-12-27-13-18(17)10-19/h3-5,7,9-10,13,15-16H,6,8,11-12,14H2,1-2H3,(H,28,29,30). The summed E-state index contributed by atoms with van der Waals surface area (Å²) in [7, 11) is 3.92. The molecule has 1 amide bonds. The molecule has 1 atom stereocenters. The second-order valence-electron chi connectivity index (χ2n) is 9.16. The number of nitrogens with zero attached hydrogens (tertiary/aromatic N) is 5. The van der Waals surface area contributed by atoms with E-state index in [0.29, 0.717) is 6.54 Å². The van der Waals surface area contributed by atoms with Gasteiger partial charge in [0.1, 0.15) is 17.0 Å². The van der Waals surface area contributed by atoms with Crippen molar-refractivity contribution >= 4 is 45.2 Å². The molecule has 1 unspecified atom stereocenters. The third-order valence-electron chi connectivity index (χ3n) is 6.92. The molecule has 0 saturated carbocycles. The number of nitrogens with one attached hydrogen (secondary N) is 1. The van der Waals surface area contributed by atoms with Gasteiger partial charge in [-0.1, -0.05) is 6.07 Å². The minimum atomic E-state index is 0.00574. The van der Waals surface area contributed by atoms with Crippen molar-refractivity contribution in [3.8, 4) is 0 Å². The Morgan fingerprint density at radius 2 is 2.21 bits per heavy atom. The zero-order valence-electron chi connectivity index (χ0n) is 19.3. The lowest BCUT2D eigenvalue weighted by Gasteiger charge is -2.27. The highest BCUT2D eigenvalue weighted by Crippen LogP contribution is 2.41. The van der Waals surface area contributed by atoms with E-state index in [1.54, 1.807) is 17.7 Å². The van der Waals surface area contributed by atoms with Gasteiger partial charge in [-0.2, -0.15) is 0 Å². The minimum Gasteiger partial charge on any atom is -0.353 e. The van der Waals surface area contributed by atoms with Gasteiger partial charge in [0.2, 0.25) is 5.91 Å². The lowest BCUT2D eigenvalue weighted by Crippen LogP contribution is -2.35. The lowest BCUT2D eigenvalue weighted by molar-refractivity contribution is -0.135. The zero-order valence-corrected chi connectivity index (χ0v) is 20.1.